The minimum absolute atomic E-state index is 0.286. The number of amides is 1. The number of hydrogen-bond donors (Lipinski definition) is 1. The molecular weight excluding hydrogens is 302 g/mol. The summed E-state index contributed by atoms with van der Waals surface area (Å²) in [5.41, 5.74) is 2.90. The van der Waals surface area contributed by atoms with E-state index in [1.54, 1.807) is 29.8 Å². The van der Waals surface area contributed by atoms with Crippen LogP contribution < -0.4 is 5.43 Å². The highest BCUT2D eigenvalue weighted by Crippen LogP contribution is 2.09. The Morgan fingerprint density at radius 3 is 3.12 bits per heavy atom. The molecule has 1 amide bonds. The number of nitrogens with zero attached hydrogens (tertiary/aromatic N) is 2. The number of nitrogens with one attached hydrogen (secondary N) is 1. The largest absolute Gasteiger partial charge is 0.272 e. The molecule has 1 N–H and O–H groups in total. The van der Waals surface area contributed by atoms with Crippen LogP contribution in [0.1, 0.15) is 15.2 Å². The van der Waals surface area contributed by atoms with Gasteiger partial charge in [0.2, 0.25) is 0 Å². The van der Waals surface area contributed by atoms with E-state index >= 15 is 0 Å². The molecule has 4 nitrogen and oxygen atoms in total. The lowest BCUT2D eigenvalue weighted by Gasteiger charge is -1.98. The van der Waals surface area contributed by atoms with E-state index in [4.69, 9.17) is 0 Å². The summed E-state index contributed by atoms with van der Waals surface area (Å²) in [6.45, 7) is 0. The molecule has 0 aliphatic heterocycles. The number of hydrazone groups is 1. The zero-order valence-electron chi connectivity index (χ0n) is 8.63. The number of hydrogen-bond acceptors (Lipinski definition) is 4. The standard InChI is InChI=1S/C11H8BrN3OS/c12-9-4-8(5-13-6-9)11(16)15-14-7-10-2-1-3-17-10/h1-7H,(H,15,16)/b14-7-. The molecule has 0 aliphatic rings. The minimum atomic E-state index is -0.286. The lowest BCUT2D eigenvalue weighted by molar-refractivity contribution is 0.0954. The second-order valence-electron chi connectivity index (χ2n) is 3.11. The molecule has 0 unspecified atom stereocenters. The van der Waals surface area contributed by atoms with E-state index in [2.05, 4.69) is 31.4 Å². The fraction of sp³-hybridized carbons (Fsp3) is 0. The Labute approximate surface area is 111 Å². The highest BCUT2D eigenvalue weighted by molar-refractivity contribution is 9.10. The Balaban J connectivity index is 1.98. The third kappa shape index (κ3) is 3.47. The number of pyridine rings is 1. The highest BCUT2D eigenvalue weighted by Gasteiger charge is 2.04. The summed E-state index contributed by atoms with van der Waals surface area (Å²) in [6, 6.07) is 5.52. The Morgan fingerprint density at radius 1 is 1.53 bits per heavy atom. The van der Waals surface area contributed by atoms with Crippen molar-refractivity contribution >= 4 is 39.4 Å². The van der Waals surface area contributed by atoms with Crippen molar-refractivity contribution in [1.29, 1.82) is 0 Å². The van der Waals surface area contributed by atoms with Crippen LogP contribution in [0.4, 0.5) is 0 Å². The van der Waals surface area contributed by atoms with Crippen molar-refractivity contribution in [2.75, 3.05) is 0 Å². The van der Waals surface area contributed by atoms with Gasteiger partial charge in [-0.2, -0.15) is 5.10 Å². The van der Waals surface area contributed by atoms with E-state index in [0.29, 0.717) is 5.56 Å². The normalized spacial score (nSPS) is 10.6. The molecule has 0 saturated heterocycles. The molecule has 0 spiro atoms. The van der Waals surface area contributed by atoms with Gasteiger partial charge in [0.1, 0.15) is 0 Å². The highest BCUT2D eigenvalue weighted by atomic mass is 79.9. The molecule has 0 radical (unpaired) electrons. The van der Waals surface area contributed by atoms with Crippen molar-refractivity contribution in [2.24, 2.45) is 5.10 Å². The zero-order valence-corrected chi connectivity index (χ0v) is 11.0. The molecular formula is C11H8BrN3OS. The Kier molecular flexibility index (Phi) is 4.00. The van der Waals surface area contributed by atoms with E-state index < -0.39 is 0 Å². The first kappa shape index (κ1) is 11.9. The summed E-state index contributed by atoms with van der Waals surface area (Å²) in [6.07, 6.45) is 4.71. The predicted octanol–water partition coefficient (Wildman–Crippen LogP) is 2.67. The third-order valence-electron chi connectivity index (χ3n) is 1.87. The number of rotatable bonds is 3. The summed E-state index contributed by atoms with van der Waals surface area (Å²) in [5.74, 6) is -0.286. The van der Waals surface area contributed by atoms with Crippen LogP contribution in [0.15, 0.2) is 45.5 Å². The van der Waals surface area contributed by atoms with Gasteiger partial charge in [-0.3, -0.25) is 9.78 Å². The number of carbonyl (C=O) groups is 1. The topological polar surface area (TPSA) is 54.4 Å². The fourth-order valence-electron chi connectivity index (χ4n) is 1.12. The molecule has 2 aromatic heterocycles. The first-order chi connectivity index (χ1) is 8.25. The minimum Gasteiger partial charge on any atom is -0.267 e. The van der Waals surface area contributed by atoms with E-state index in [1.165, 1.54) is 6.20 Å². The maximum atomic E-state index is 11.6. The van der Waals surface area contributed by atoms with Gasteiger partial charge in [0.05, 0.1) is 11.8 Å². The van der Waals surface area contributed by atoms with E-state index in [9.17, 15) is 4.79 Å². The molecule has 17 heavy (non-hydrogen) atoms. The maximum Gasteiger partial charge on any atom is 0.272 e. The average Bonchev–Trinajstić information content (AvgIpc) is 2.82. The molecule has 0 atom stereocenters. The quantitative estimate of drug-likeness (QED) is 0.700. The zero-order chi connectivity index (χ0) is 12.1. The molecule has 0 bridgehead atoms. The lowest BCUT2D eigenvalue weighted by atomic mass is 10.3. The van der Waals surface area contributed by atoms with Gasteiger partial charge in [0, 0.05) is 21.7 Å². The van der Waals surface area contributed by atoms with Gasteiger partial charge in [-0.15, -0.1) is 11.3 Å². The van der Waals surface area contributed by atoms with Crippen molar-refractivity contribution in [3.63, 3.8) is 0 Å². The predicted molar refractivity (Wildman–Crippen MR) is 71.3 cm³/mol. The van der Waals surface area contributed by atoms with Crippen molar-refractivity contribution in [3.05, 3.63) is 50.9 Å². The SMILES string of the molecule is O=C(N/N=C\c1cccs1)c1cncc(Br)c1. The summed E-state index contributed by atoms with van der Waals surface area (Å²) in [4.78, 5) is 16.5. The smallest absolute Gasteiger partial charge is 0.267 e. The number of halogens is 1. The number of aromatic nitrogens is 1. The van der Waals surface area contributed by atoms with Crippen LogP contribution in [0.2, 0.25) is 0 Å². The van der Waals surface area contributed by atoms with Crippen molar-refractivity contribution in [1.82, 2.24) is 10.4 Å². The van der Waals surface area contributed by atoms with Crippen molar-refractivity contribution in [2.45, 2.75) is 0 Å². The van der Waals surface area contributed by atoms with Gasteiger partial charge in [0.15, 0.2) is 0 Å². The van der Waals surface area contributed by atoms with Gasteiger partial charge in [0.25, 0.3) is 5.91 Å². The van der Waals surface area contributed by atoms with Crippen LogP contribution >= 0.6 is 27.3 Å². The first-order valence-electron chi connectivity index (χ1n) is 4.73. The van der Waals surface area contributed by atoms with Crippen LogP contribution in [0.5, 0.6) is 0 Å². The Morgan fingerprint density at radius 2 is 2.41 bits per heavy atom. The first-order valence-corrected chi connectivity index (χ1v) is 6.40. The summed E-state index contributed by atoms with van der Waals surface area (Å²) >= 11 is 4.80. The summed E-state index contributed by atoms with van der Waals surface area (Å²) < 4.78 is 0.757. The Hall–Kier alpha value is -1.53. The molecule has 2 rings (SSSR count). The molecule has 2 heterocycles. The molecule has 2 aromatic rings. The average molecular weight is 310 g/mol. The molecule has 0 saturated carbocycles. The molecule has 0 fully saturated rings. The summed E-state index contributed by atoms with van der Waals surface area (Å²) in [7, 11) is 0. The van der Waals surface area contributed by atoms with Gasteiger partial charge in [-0.1, -0.05) is 6.07 Å². The number of carbonyl (C=O) groups excluding carboxylic acids is 1. The van der Waals surface area contributed by atoms with Crippen LogP contribution in [-0.2, 0) is 0 Å². The van der Waals surface area contributed by atoms with E-state index in [0.717, 1.165) is 9.35 Å². The third-order valence-corrected chi connectivity index (χ3v) is 3.11. The maximum absolute atomic E-state index is 11.6. The monoisotopic (exact) mass is 309 g/mol. The lowest BCUT2D eigenvalue weighted by Crippen LogP contribution is -2.17. The van der Waals surface area contributed by atoms with Crippen LogP contribution in [-0.4, -0.2) is 17.1 Å². The molecule has 6 heteroatoms. The van der Waals surface area contributed by atoms with Crippen LogP contribution in [0, 0.1) is 0 Å². The second-order valence-corrected chi connectivity index (χ2v) is 5.00. The van der Waals surface area contributed by atoms with Crippen molar-refractivity contribution in [3.8, 4) is 0 Å². The van der Waals surface area contributed by atoms with Crippen molar-refractivity contribution < 1.29 is 4.79 Å². The number of thiophene rings is 1. The molecule has 0 aromatic carbocycles. The van der Waals surface area contributed by atoms with Gasteiger partial charge < -0.3 is 0 Å². The molecule has 86 valence electrons. The second kappa shape index (κ2) is 5.70. The fourth-order valence-corrected chi connectivity index (χ4v) is 2.07. The molecule has 0 aliphatic carbocycles. The van der Waals surface area contributed by atoms with Crippen LogP contribution in [0.3, 0.4) is 0 Å². The Bertz CT molecular complexity index is 539. The van der Waals surface area contributed by atoms with E-state index in [1.807, 2.05) is 17.5 Å². The van der Waals surface area contributed by atoms with Gasteiger partial charge in [-0.05, 0) is 33.4 Å². The summed E-state index contributed by atoms with van der Waals surface area (Å²) in [5, 5.41) is 5.81. The van der Waals surface area contributed by atoms with Gasteiger partial charge in [-0.25, -0.2) is 5.43 Å². The van der Waals surface area contributed by atoms with Crippen LogP contribution in [0.25, 0.3) is 0 Å². The van der Waals surface area contributed by atoms with E-state index in [-0.39, 0.29) is 5.91 Å². The van der Waals surface area contributed by atoms with Gasteiger partial charge >= 0.3 is 0 Å².